The summed E-state index contributed by atoms with van der Waals surface area (Å²) in [4.78, 5) is 11.4. The molecule has 0 atom stereocenters. The van der Waals surface area contributed by atoms with Gasteiger partial charge < -0.3 is 9.47 Å². The zero-order valence-electron chi connectivity index (χ0n) is 9.70. The van der Waals surface area contributed by atoms with Crippen LogP contribution in [0.4, 0.5) is 8.78 Å². The fourth-order valence-corrected chi connectivity index (χ4v) is 1.12. The minimum atomic E-state index is -1.07. The largest absolute Gasteiger partial charge is 0.460 e. The molecule has 0 unspecified atom stereocenters. The highest BCUT2D eigenvalue weighted by molar-refractivity contribution is 5.89. The summed E-state index contributed by atoms with van der Waals surface area (Å²) in [6.45, 7) is 4.07. The number of carbonyl (C=O) groups is 1. The van der Waals surface area contributed by atoms with Gasteiger partial charge in [0.15, 0.2) is 11.6 Å². The molecule has 3 nitrogen and oxygen atoms in total. The van der Waals surface area contributed by atoms with Crippen molar-refractivity contribution in [3.05, 3.63) is 35.4 Å². The van der Waals surface area contributed by atoms with Gasteiger partial charge in [-0.25, -0.2) is 13.6 Å². The van der Waals surface area contributed by atoms with Crippen LogP contribution in [0.1, 0.15) is 24.2 Å². The van der Waals surface area contributed by atoms with Crippen LogP contribution in [-0.4, -0.2) is 25.3 Å². The Morgan fingerprint density at radius 3 is 2.53 bits per heavy atom. The molecule has 0 aliphatic rings. The van der Waals surface area contributed by atoms with Crippen molar-refractivity contribution >= 4 is 5.97 Å². The lowest BCUT2D eigenvalue weighted by atomic mass is 10.2. The Balaban J connectivity index is 2.44. The summed E-state index contributed by atoms with van der Waals surface area (Å²) in [7, 11) is 0. The van der Waals surface area contributed by atoms with Gasteiger partial charge in [0.1, 0.15) is 6.61 Å². The van der Waals surface area contributed by atoms with E-state index in [4.69, 9.17) is 9.47 Å². The molecule has 0 fully saturated rings. The summed E-state index contributed by atoms with van der Waals surface area (Å²) >= 11 is 0. The van der Waals surface area contributed by atoms with Crippen molar-refractivity contribution in [1.29, 1.82) is 0 Å². The van der Waals surface area contributed by atoms with Gasteiger partial charge >= 0.3 is 5.97 Å². The van der Waals surface area contributed by atoms with Gasteiger partial charge in [-0.15, -0.1) is 0 Å². The third-order valence-electron chi connectivity index (χ3n) is 1.92. The van der Waals surface area contributed by atoms with Crippen molar-refractivity contribution in [1.82, 2.24) is 0 Å². The maximum absolute atomic E-state index is 12.8. The molecule has 0 aliphatic heterocycles. The van der Waals surface area contributed by atoms with Crippen molar-refractivity contribution in [2.24, 2.45) is 0 Å². The first-order valence-electron chi connectivity index (χ1n) is 5.24. The molecule has 5 heteroatoms. The normalized spacial score (nSPS) is 10.6. The Morgan fingerprint density at radius 2 is 1.94 bits per heavy atom. The summed E-state index contributed by atoms with van der Waals surface area (Å²) in [5, 5.41) is 0. The quantitative estimate of drug-likeness (QED) is 0.590. The van der Waals surface area contributed by atoms with Crippen LogP contribution in [0.5, 0.6) is 0 Å². The minimum absolute atomic E-state index is 0.0200. The molecule has 0 spiro atoms. The molecule has 0 N–H and O–H groups in total. The second-order valence-corrected chi connectivity index (χ2v) is 3.68. The highest BCUT2D eigenvalue weighted by Crippen LogP contribution is 2.09. The summed E-state index contributed by atoms with van der Waals surface area (Å²) in [6, 6.07) is 2.86. The van der Waals surface area contributed by atoms with Gasteiger partial charge in [-0.1, -0.05) is 0 Å². The number of esters is 1. The molecule has 1 aromatic rings. The van der Waals surface area contributed by atoms with Crippen molar-refractivity contribution in [3.63, 3.8) is 0 Å². The highest BCUT2D eigenvalue weighted by Gasteiger charge is 2.10. The van der Waals surface area contributed by atoms with E-state index >= 15 is 0 Å². The Labute approximate surface area is 98.3 Å². The van der Waals surface area contributed by atoms with Gasteiger partial charge in [0, 0.05) is 0 Å². The molecule has 1 aromatic carbocycles. The van der Waals surface area contributed by atoms with Crippen LogP contribution in [0, 0.1) is 11.6 Å². The first kappa shape index (κ1) is 13.6. The standard InChI is InChI=1S/C12H14F2O3/c1-8(2)16-5-6-17-12(15)9-3-4-10(13)11(14)7-9/h3-4,7-8H,5-6H2,1-2H3. The average molecular weight is 244 g/mol. The molecule has 0 aliphatic carbocycles. The fraction of sp³-hybridized carbons (Fsp3) is 0.417. The molecule has 0 radical (unpaired) electrons. The van der Waals surface area contributed by atoms with E-state index in [-0.39, 0.29) is 24.9 Å². The van der Waals surface area contributed by atoms with Crippen LogP contribution in [0.3, 0.4) is 0 Å². The van der Waals surface area contributed by atoms with Gasteiger partial charge in [0.25, 0.3) is 0 Å². The minimum Gasteiger partial charge on any atom is -0.460 e. The van der Waals surface area contributed by atoms with Crippen LogP contribution in [0.15, 0.2) is 18.2 Å². The predicted molar refractivity (Wildman–Crippen MR) is 57.7 cm³/mol. The lowest BCUT2D eigenvalue weighted by Gasteiger charge is -2.08. The van der Waals surface area contributed by atoms with Gasteiger partial charge in [-0.05, 0) is 32.0 Å². The Kier molecular flexibility index (Phi) is 5.03. The molecule has 17 heavy (non-hydrogen) atoms. The maximum atomic E-state index is 12.8. The molecule has 0 bridgehead atoms. The summed E-state index contributed by atoms with van der Waals surface area (Å²) in [5.74, 6) is -2.76. The molecule has 0 amide bonds. The van der Waals surface area contributed by atoms with E-state index in [0.717, 1.165) is 12.1 Å². The van der Waals surface area contributed by atoms with Gasteiger partial charge in [0.2, 0.25) is 0 Å². The van der Waals surface area contributed by atoms with Crippen LogP contribution >= 0.6 is 0 Å². The SMILES string of the molecule is CC(C)OCCOC(=O)c1ccc(F)c(F)c1. The second kappa shape index (κ2) is 6.30. The fourth-order valence-electron chi connectivity index (χ4n) is 1.12. The van der Waals surface area contributed by atoms with E-state index in [1.807, 2.05) is 13.8 Å². The molecule has 0 aromatic heterocycles. The first-order valence-corrected chi connectivity index (χ1v) is 5.24. The van der Waals surface area contributed by atoms with E-state index in [1.54, 1.807) is 0 Å². The number of rotatable bonds is 5. The number of hydrogen-bond donors (Lipinski definition) is 0. The Hall–Kier alpha value is -1.49. The van der Waals surface area contributed by atoms with Crippen molar-refractivity contribution < 1.29 is 23.0 Å². The van der Waals surface area contributed by atoms with E-state index < -0.39 is 17.6 Å². The average Bonchev–Trinajstić information content (AvgIpc) is 2.27. The predicted octanol–water partition coefficient (Wildman–Crippen LogP) is 2.55. The van der Waals surface area contributed by atoms with Gasteiger partial charge in [0.05, 0.1) is 18.3 Å². The number of hydrogen-bond acceptors (Lipinski definition) is 3. The summed E-state index contributed by atoms with van der Waals surface area (Å²) in [6.07, 6.45) is 0.0527. The van der Waals surface area contributed by atoms with Gasteiger partial charge in [-0.2, -0.15) is 0 Å². The van der Waals surface area contributed by atoms with E-state index in [9.17, 15) is 13.6 Å². The van der Waals surface area contributed by atoms with E-state index in [1.165, 1.54) is 6.07 Å². The second-order valence-electron chi connectivity index (χ2n) is 3.68. The summed E-state index contributed by atoms with van der Waals surface area (Å²) < 4.78 is 35.4. The summed E-state index contributed by atoms with van der Waals surface area (Å²) in [5.41, 5.74) is -0.0200. The number of carbonyl (C=O) groups excluding carboxylic acids is 1. The maximum Gasteiger partial charge on any atom is 0.338 e. The van der Waals surface area contributed by atoms with E-state index in [0.29, 0.717) is 0 Å². The Morgan fingerprint density at radius 1 is 1.24 bits per heavy atom. The van der Waals surface area contributed by atoms with Gasteiger partial charge in [-0.3, -0.25) is 0 Å². The van der Waals surface area contributed by atoms with E-state index in [2.05, 4.69) is 0 Å². The smallest absolute Gasteiger partial charge is 0.338 e. The highest BCUT2D eigenvalue weighted by atomic mass is 19.2. The van der Waals surface area contributed by atoms with Crippen molar-refractivity contribution in [2.45, 2.75) is 20.0 Å². The lowest BCUT2D eigenvalue weighted by Crippen LogP contribution is -2.13. The zero-order valence-corrected chi connectivity index (χ0v) is 9.70. The third-order valence-corrected chi connectivity index (χ3v) is 1.92. The zero-order chi connectivity index (χ0) is 12.8. The number of halogens is 2. The molecule has 94 valence electrons. The number of benzene rings is 1. The lowest BCUT2D eigenvalue weighted by molar-refractivity contribution is 0.0176. The van der Waals surface area contributed by atoms with Crippen LogP contribution in [0.2, 0.25) is 0 Å². The molecule has 0 heterocycles. The van der Waals surface area contributed by atoms with Crippen molar-refractivity contribution in [2.75, 3.05) is 13.2 Å². The Bertz CT molecular complexity index is 391. The first-order chi connectivity index (χ1) is 8.00. The van der Waals surface area contributed by atoms with Crippen LogP contribution in [-0.2, 0) is 9.47 Å². The topological polar surface area (TPSA) is 35.5 Å². The van der Waals surface area contributed by atoms with Crippen LogP contribution < -0.4 is 0 Å². The number of ether oxygens (including phenoxy) is 2. The molecule has 0 saturated heterocycles. The van der Waals surface area contributed by atoms with Crippen LogP contribution in [0.25, 0.3) is 0 Å². The monoisotopic (exact) mass is 244 g/mol. The molecule has 1 rings (SSSR count). The molecule has 0 saturated carbocycles. The molecular formula is C12H14F2O3. The third kappa shape index (κ3) is 4.48. The molecular weight excluding hydrogens is 230 g/mol. The van der Waals surface area contributed by atoms with Crippen molar-refractivity contribution in [3.8, 4) is 0 Å².